The fourth-order valence-electron chi connectivity index (χ4n) is 1.07. The normalized spacial score (nSPS) is 10.3. The molecule has 2 nitrogen and oxygen atoms in total. The molecule has 0 aliphatic rings. The van der Waals surface area contributed by atoms with Crippen molar-refractivity contribution in [2.45, 2.75) is 6.54 Å². The van der Waals surface area contributed by atoms with Gasteiger partial charge in [0, 0.05) is 17.1 Å². The zero-order chi connectivity index (χ0) is 10.6. The van der Waals surface area contributed by atoms with Crippen molar-refractivity contribution in [3.05, 3.63) is 27.7 Å². The number of hydrogen-bond donors (Lipinski definition) is 1. The number of benzene rings is 1. The van der Waals surface area contributed by atoms with Crippen LogP contribution in [0.2, 0.25) is 10.0 Å². The van der Waals surface area contributed by atoms with Crippen LogP contribution >= 0.6 is 23.2 Å². The molecule has 1 aromatic rings. The second-order valence-corrected chi connectivity index (χ2v) is 3.46. The van der Waals surface area contributed by atoms with E-state index in [2.05, 4.69) is 0 Å². The molecular weight excluding hydrogens is 228 g/mol. The van der Waals surface area contributed by atoms with E-state index in [-0.39, 0.29) is 13.2 Å². The Morgan fingerprint density at radius 2 is 2.07 bits per heavy atom. The van der Waals surface area contributed by atoms with Gasteiger partial charge >= 0.3 is 0 Å². The van der Waals surface area contributed by atoms with Gasteiger partial charge in [0.2, 0.25) is 0 Å². The molecular formula is C9H10Cl2FNO. The predicted octanol–water partition coefficient (Wildman–Crippen LogP) is 2.80. The molecule has 0 atom stereocenters. The summed E-state index contributed by atoms with van der Waals surface area (Å²) in [7, 11) is 0. The molecule has 0 fully saturated rings. The summed E-state index contributed by atoms with van der Waals surface area (Å²) in [4.78, 5) is 0. The summed E-state index contributed by atoms with van der Waals surface area (Å²) in [5, 5.41) is 0.842. The third-order valence-corrected chi connectivity index (χ3v) is 2.13. The van der Waals surface area contributed by atoms with Crippen LogP contribution in [0.3, 0.4) is 0 Å². The maximum Gasteiger partial charge on any atom is 0.142 e. The number of ether oxygens (including phenoxy) is 1. The van der Waals surface area contributed by atoms with Gasteiger partial charge in [-0.15, -0.1) is 0 Å². The van der Waals surface area contributed by atoms with Gasteiger partial charge in [-0.3, -0.25) is 0 Å². The van der Waals surface area contributed by atoms with Crippen LogP contribution in [0.15, 0.2) is 12.1 Å². The van der Waals surface area contributed by atoms with Crippen molar-refractivity contribution >= 4 is 23.2 Å². The third-order valence-electron chi connectivity index (χ3n) is 1.63. The van der Waals surface area contributed by atoms with Crippen LogP contribution in [-0.2, 0) is 6.54 Å². The second-order valence-electron chi connectivity index (χ2n) is 2.62. The van der Waals surface area contributed by atoms with Crippen LogP contribution in [0, 0.1) is 0 Å². The molecule has 78 valence electrons. The van der Waals surface area contributed by atoms with Crippen LogP contribution < -0.4 is 10.5 Å². The van der Waals surface area contributed by atoms with Gasteiger partial charge in [-0.05, 0) is 12.1 Å². The van der Waals surface area contributed by atoms with E-state index < -0.39 is 6.67 Å². The van der Waals surface area contributed by atoms with Gasteiger partial charge in [-0.1, -0.05) is 23.2 Å². The summed E-state index contributed by atoms with van der Waals surface area (Å²) < 4.78 is 17.0. The van der Waals surface area contributed by atoms with Gasteiger partial charge in [-0.2, -0.15) is 0 Å². The number of nitrogens with two attached hydrogens (primary N) is 1. The molecule has 0 aliphatic heterocycles. The van der Waals surface area contributed by atoms with Gasteiger partial charge in [-0.25, -0.2) is 4.39 Å². The maximum atomic E-state index is 11.9. The van der Waals surface area contributed by atoms with E-state index in [1.165, 1.54) is 6.07 Å². The molecule has 0 amide bonds. The van der Waals surface area contributed by atoms with Crippen molar-refractivity contribution in [2.75, 3.05) is 13.3 Å². The van der Waals surface area contributed by atoms with Crippen molar-refractivity contribution in [1.29, 1.82) is 0 Å². The Labute approximate surface area is 91.8 Å². The maximum absolute atomic E-state index is 11.9. The minimum absolute atomic E-state index is 0.0334. The minimum Gasteiger partial charge on any atom is -0.489 e. The molecule has 5 heteroatoms. The van der Waals surface area contributed by atoms with Crippen molar-refractivity contribution in [3.8, 4) is 5.75 Å². The van der Waals surface area contributed by atoms with Crippen LogP contribution in [0.1, 0.15) is 5.56 Å². The predicted molar refractivity (Wildman–Crippen MR) is 55.8 cm³/mol. The third kappa shape index (κ3) is 2.74. The number of rotatable bonds is 4. The molecule has 0 saturated heterocycles. The smallest absolute Gasteiger partial charge is 0.142 e. The Morgan fingerprint density at radius 3 is 2.64 bits per heavy atom. The highest BCUT2D eigenvalue weighted by atomic mass is 35.5. The standard InChI is InChI=1S/C9H10Cl2FNO/c10-7-3-6(5-13)9(8(11)4-7)14-2-1-12/h3-4H,1-2,5,13H2. The molecule has 0 saturated carbocycles. The van der Waals surface area contributed by atoms with E-state index in [4.69, 9.17) is 33.7 Å². The molecule has 0 heterocycles. The summed E-state index contributed by atoms with van der Waals surface area (Å²) in [5.74, 6) is 0.413. The van der Waals surface area contributed by atoms with Crippen LogP contribution in [0.5, 0.6) is 5.75 Å². The van der Waals surface area contributed by atoms with E-state index in [0.29, 0.717) is 21.4 Å². The van der Waals surface area contributed by atoms with E-state index >= 15 is 0 Å². The number of alkyl halides is 1. The Kier molecular flexibility index (Phi) is 4.45. The molecule has 14 heavy (non-hydrogen) atoms. The Bertz CT molecular complexity index is 320. The average Bonchev–Trinajstić information content (AvgIpc) is 2.15. The molecule has 1 aromatic carbocycles. The second kappa shape index (κ2) is 5.39. The molecule has 0 aliphatic carbocycles. The van der Waals surface area contributed by atoms with E-state index in [0.717, 1.165) is 0 Å². The summed E-state index contributed by atoms with van der Waals surface area (Å²) in [5.41, 5.74) is 6.15. The lowest BCUT2D eigenvalue weighted by atomic mass is 10.2. The van der Waals surface area contributed by atoms with E-state index in [9.17, 15) is 4.39 Å². The van der Waals surface area contributed by atoms with Crippen molar-refractivity contribution in [3.63, 3.8) is 0 Å². The first kappa shape index (κ1) is 11.6. The lowest BCUT2D eigenvalue weighted by molar-refractivity contribution is 0.271. The Hall–Kier alpha value is -0.510. The van der Waals surface area contributed by atoms with Gasteiger partial charge in [0.1, 0.15) is 19.0 Å². The van der Waals surface area contributed by atoms with Gasteiger partial charge in [0.15, 0.2) is 0 Å². The van der Waals surface area contributed by atoms with Crippen molar-refractivity contribution in [1.82, 2.24) is 0 Å². The highest BCUT2D eigenvalue weighted by Crippen LogP contribution is 2.32. The van der Waals surface area contributed by atoms with E-state index in [1.807, 2.05) is 0 Å². The average molecular weight is 238 g/mol. The SMILES string of the molecule is NCc1cc(Cl)cc(Cl)c1OCCF. The largest absolute Gasteiger partial charge is 0.489 e. The highest BCUT2D eigenvalue weighted by molar-refractivity contribution is 6.35. The molecule has 1 rings (SSSR count). The summed E-state index contributed by atoms with van der Waals surface area (Å²) in [6, 6.07) is 3.19. The molecule has 0 bridgehead atoms. The van der Waals surface area contributed by atoms with Crippen LogP contribution in [-0.4, -0.2) is 13.3 Å². The topological polar surface area (TPSA) is 35.2 Å². The van der Waals surface area contributed by atoms with Crippen LogP contribution in [0.4, 0.5) is 4.39 Å². The van der Waals surface area contributed by atoms with Gasteiger partial charge in [0.05, 0.1) is 5.02 Å². The first-order valence-corrected chi connectivity index (χ1v) is 4.81. The summed E-state index contributed by atoms with van der Waals surface area (Å²) >= 11 is 11.6. The zero-order valence-electron chi connectivity index (χ0n) is 7.40. The lowest BCUT2D eigenvalue weighted by Crippen LogP contribution is -2.05. The molecule has 0 radical (unpaired) electrons. The number of halogens is 3. The van der Waals surface area contributed by atoms with Crippen LogP contribution in [0.25, 0.3) is 0 Å². The van der Waals surface area contributed by atoms with E-state index in [1.54, 1.807) is 6.07 Å². The fourth-order valence-corrected chi connectivity index (χ4v) is 1.66. The first-order valence-electron chi connectivity index (χ1n) is 4.05. The fraction of sp³-hybridized carbons (Fsp3) is 0.333. The quantitative estimate of drug-likeness (QED) is 0.875. The Balaban J connectivity index is 2.99. The minimum atomic E-state index is -0.567. The molecule has 2 N–H and O–H groups in total. The zero-order valence-corrected chi connectivity index (χ0v) is 8.91. The van der Waals surface area contributed by atoms with Crippen molar-refractivity contribution < 1.29 is 9.13 Å². The van der Waals surface area contributed by atoms with Gasteiger partial charge < -0.3 is 10.5 Å². The summed E-state index contributed by atoms with van der Waals surface area (Å²) in [6.07, 6.45) is 0. The monoisotopic (exact) mass is 237 g/mol. The number of hydrogen-bond acceptors (Lipinski definition) is 2. The van der Waals surface area contributed by atoms with Crippen molar-refractivity contribution in [2.24, 2.45) is 5.73 Å². The first-order chi connectivity index (χ1) is 6.69. The highest BCUT2D eigenvalue weighted by Gasteiger charge is 2.09. The molecule has 0 spiro atoms. The Morgan fingerprint density at radius 1 is 1.36 bits per heavy atom. The summed E-state index contributed by atoms with van der Waals surface area (Å²) in [6.45, 7) is -0.348. The molecule has 0 aromatic heterocycles. The lowest BCUT2D eigenvalue weighted by Gasteiger charge is -2.11. The molecule has 0 unspecified atom stereocenters. The van der Waals surface area contributed by atoms with Gasteiger partial charge in [0.25, 0.3) is 0 Å².